The second kappa shape index (κ2) is 10.3. The van der Waals surface area contributed by atoms with Crippen molar-refractivity contribution in [1.29, 1.82) is 5.26 Å². The van der Waals surface area contributed by atoms with Crippen LogP contribution in [0.25, 0.3) is 11.3 Å². The van der Waals surface area contributed by atoms with Crippen molar-refractivity contribution in [1.82, 2.24) is 9.97 Å². The molecule has 3 rings (SSSR count). The van der Waals surface area contributed by atoms with Gasteiger partial charge in [-0.25, -0.2) is 10.4 Å². The van der Waals surface area contributed by atoms with E-state index >= 15 is 0 Å². The number of H-pyrrole nitrogens is 1. The van der Waals surface area contributed by atoms with Crippen LogP contribution in [0.4, 0.5) is 5.95 Å². The zero-order valence-corrected chi connectivity index (χ0v) is 18.4. The Morgan fingerprint density at radius 1 is 1.06 bits per heavy atom. The molecule has 0 unspecified atom stereocenters. The lowest BCUT2D eigenvalue weighted by Crippen LogP contribution is -2.16. The lowest BCUT2D eigenvalue weighted by atomic mass is 10.1. The van der Waals surface area contributed by atoms with Crippen LogP contribution in [0.15, 0.2) is 58.4 Å². The van der Waals surface area contributed by atoms with Crippen molar-refractivity contribution >= 4 is 12.2 Å². The monoisotopic (exact) mass is 431 g/mol. The number of benzene rings is 2. The number of nitriles is 1. The van der Waals surface area contributed by atoms with E-state index in [0.29, 0.717) is 17.1 Å². The molecule has 164 valence electrons. The molecule has 0 saturated heterocycles. The molecule has 1 heterocycles. The fourth-order valence-electron chi connectivity index (χ4n) is 2.95. The summed E-state index contributed by atoms with van der Waals surface area (Å²) in [5, 5.41) is 13.6. The van der Waals surface area contributed by atoms with Crippen LogP contribution in [0.5, 0.6) is 11.5 Å². The third-order valence-corrected chi connectivity index (χ3v) is 4.11. The summed E-state index contributed by atoms with van der Waals surface area (Å²) >= 11 is 0. The predicted octanol–water partition coefficient (Wildman–Crippen LogP) is 4.33. The maximum absolute atomic E-state index is 12.3. The van der Waals surface area contributed by atoms with E-state index in [2.05, 4.69) is 20.5 Å². The molecule has 0 bridgehead atoms. The number of hydrazone groups is 1. The number of aromatic amines is 1. The third kappa shape index (κ3) is 5.95. The van der Waals surface area contributed by atoms with Gasteiger partial charge in [0.1, 0.15) is 23.1 Å². The lowest BCUT2D eigenvalue weighted by Gasteiger charge is -2.14. The lowest BCUT2D eigenvalue weighted by molar-refractivity contribution is 0.229. The number of nitrogens with zero attached hydrogens (tertiary/aromatic N) is 3. The van der Waals surface area contributed by atoms with Crippen molar-refractivity contribution in [2.75, 3.05) is 5.43 Å². The molecule has 0 aliphatic carbocycles. The highest BCUT2D eigenvalue weighted by Crippen LogP contribution is 2.24. The number of hydrogen-bond donors (Lipinski definition) is 2. The predicted molar refractivity (Wildman–Crippen MR) is 124 cm³/mol. The highest BCUT2D eigenvalue weighted by Gasteiger charge is 2.13. The molecule has 2 aromatic carbocycles. The van der Waals surface area contributed by atoms with Gasteiger partial charge in [-0.3, -0.25) is 9.78 Å². The molecular formula is C24H25N5O3. The van der Waals surface area contributed by atoms with Crippen LogP contribution in [-0.4, -0.2) is 28.4 Å². The molecule has 0 atom stereocenters. The van der Waals surface area contributed by atoms with E-state index in [-0.39, 0.29) is 29.4 Å². The van der Waals surface area contributed by atoms with Gasteiger partial charge >= 0.3 is 0 Å². The minimum atomic E-state index is -0.543. The summed E-state index contributed by atoms with van der Waals surface area (Å²) in [5.41, 5.74) is 3.82. The average molecular weight is 431 g/mol. The second-order valence-corrected chi connectivity index (χ2v) is 7.56. The van der Waals surface area contributed by atoms with Crippen molar-refractivity contribution in [3.8, 4) is 28.8 Å². The molecule has 0 spiro atoms. The summed E-state index contributed by atoms with van der Waals surface area (Å²) in [6.07, 6.45) is 1.59. The molecule has 32 heavy (non-hydrogen) atoms. The van der Waals surface area contributed by atoms with Crippen molar-refractivity contribution in [3.63, 3.8) is 0 Å². The SMILES string of the molecule is CC(C)Oc1cc(C=NNc2nc(-c3ccccc3)c(C#N)c(=O)[nH]2)cc(OC(C)C)c1. The molecule has 8 nitrogen and oxygen atoms in total. The Bertz CT molecular complexity index is 1170. The van der Waals surface area contributed by atoms with Gasteiger partial charge in [0.25, 0.3) is 5.56 Å². The Kier molecular flexibility index (Phi) is 7.24. The highest BCUT2D eigenvalue weighted by molar-refractivity contribution is 5.81. The molecule has 0 aliphatic heterocycles. The third-order valence-electron chi connectivity index (χ3n) is 4.11. The molecule has 1 aromatic heterocycles. The average Bonchev–Trinajstić information content (AvgIpc) is 2.73. The maximum atomic E-state index is 12.3. The summed E-state index contributed by atoms with van der Waals surface area (Å²) in [7, 11) is 0. The summed E-state index contributed by atoms with van der Waals surface area (Å²) in [6.45, 7) is 7.79. The van der Waals surface area contributed by atoms with E-state index in [1.807, 2.05) is 70.2 Å². The molecular weight excluding hydrogens is 406 g/mol. The van der Waals surface area contributed by atoms with E-state index in [1.54, 1.807) is 18.3 Å². The number of hydrogen-bond acceptors (Lipinski definition) is 7. The van der Waals surface area contributed by atoms with E-state index in [4.69, 9.17) is 9.47 Å². The van der Waals surface area contributed by atoms with Crippen LogP contribution in [0.2, 0.25) is 0 Å². The van der Waals surface area contributed by atoms with E-state index in [9.17, 15) is 10.1 Å². The first-order valence-electron chi connectivity index (χ1n) is 10.2. The normalized spacial score (nSPS) is 11.0. The van der Waals surface area contributed by atoms with Crippen molar-refractivity contribution in [3.05, 3.63) is 70.0 Å². The molecule has 0 fully saturated rings. The number of ether oxygens (including phenoxy) is 2. The Balaban J connectivity index is 1.88. The summed E-state index contributed by atoms with van der Waals surface area (Å²) in [5.74, 6) is 1.45. The van der Waals surface area contributed by atoms with Crippen LogP contribution in [0.3, 0.4) is 0 Å². The van der Waals surface area contributed by atoms with Gasteiger partial charge in [0.05, 0.1) is 24.1 Å². The second-order valence-electron chi connectivity index (χ2n) is 7.56. The van der Waals surface area contributed by atoms with E-state index in [0.717, 1.165) is 5.56 Å². The van der Waals surface area contributed by atoms with Gasteiger partial charge in [-0.2, -0.15) is 10.4 Å². The molecule has 0 saturated carbocycles. The van der Waals surface area contributed by atoms with Gasteiger partial charge in [0.15, 0.2) is 0 Å². The van der Waals surface area contributed by atoms with Crippen LogP contribution in [0.1, 0.15) is 38.8 Å². The van der Waals surface area contributed by atoms with Gasteiger partial charge in [-0.05, 0) is 39.8 Å². The Morgan fingerprint density at radius 2 is 1.69 bits per heavy atom. The first-order valence-corrected chi connectivity index (χ1v) is 10.2. The standard InChI is InChI=1S/C24H25N5O3/c1-15(2)31-19-10-17(11-20(12-19)32-16(3)4)14-26-29-24-27-22(18-8-6-5-7-9-18)21(13-25)23(30)28-24/h5-12,14-16H,1-4H3,(H2,27,28,29,30). The van der Waals surface area contributed by atoms with Crippen LogP contribution < -0.4 is 20.5 Å². The fourth-order valence-corrected chi connectivity index (χ4v) is 2.95. The molecule has 0 radical (unpaired) electrons. The highest BCUT2D eigenvalue weighted by atomic mass is 16.5. The van der Waals surface area contributed by atoms with Crippen molar-refractivity contribution in [2.45, 2.75) is 39.9 Å². The summed E-state index contributed by atoms with van der Waals surface area (Å²) in [6, 6.07) is 16.5. The molecule has 3 aromatic rings. The van der Waals surface area contributed by atoms with Crippen LogP contribution in [0, 0.1) is 11.3 Å². The van der Waals surface area contributed by atoms with Crippen LogP contribution in [-0.2, 0) is 0 Å². The first kappa shape index (κ1) is 22.6. The number of anilines is 1. The minimum absolute atomic E-state index is 0.0107. The smallest absolute Gasteiger partial charge is 0.270 e. The first-order chi connectivity index (χ1) is 15.4. The van der Waals surface area contributed by atoms with Crippen molar-refractivity contribution < 1.29 is 9.47 Å². The zero-order chi connectivity index (χ0) is 23.1. The van der Waals surface area contributed by atoms with Crippen molar-refractivity contribution in [2.24, 2.45) is 5.10 Å². The Hall–Kier alpha value is -4.12. The van der Waals surface area contributed by atoms with Gasteiger partial charge < -0.3 is 9.47 Å². The van der Waals surface area contributed by atoms with Crippen LogP contribution >= 0.6 is 0 Å². The number of nitrogens with one attached hydrogen (secondary N) is 2. The Labute approximate surface area is 186 Å². The molecule has 0 aliphatic rings. The van der Waals surface area contributed by atoms with E-state index < -0.39 is 5.56 Å². The summed E-state index contributed by atoms with van der Waals surface area (Å²) in [4.78, 5) is 19.3. The number of aromatic nitrogens is 2. The van der Waals surface area contributed by atoms with Gasteiger partial charge in [0, 0.05) is 17.2 Å². The van der Waals surface area contributed by atoms with Gasteiger partial charge in [0.2, 0.25) is 5.95 Å². The van der Waals surface area contributed by atoms with E-state index in [1.165, 1.54) is 0 Å². The molecule has 0 amide bonds. The zero-order valence-electron chi connectivity index (χ0n) is 18.4. The van der Waals surface area contributed by atoms with Gasteiger partial charge in [-0.1, -0.05) is 30.3 Å². The number of rotatable bonds is 8. The molecule has 8 heteroatoms. The summed E-state index contributed by atoms with van der Waals surface area (Å²) < 4.78 is 11.6. The largest absolute Gasteiger partial charge is 0.491 e. The maximum Gasteiger partial charge on any atom is 0.270 e. The fraction of sp³-hybridized carbons (Fsp3) is 0.250. The van der Waals surface area contributed by atoms with Gasteiger partial charge in [-0.15, -0.1) is 0 Å². The molecule has 2 N–H and O–H groups in total. The minimum Gasteiger partial charge on any atom is -0.491 e. The Morgan fingerprint density at radius 3 is 2.25 bits per heavy atom. The topological polar surface area (TPSA) is 112 Å². The quantitative estimate of drug-likeness (QED) is 0.405.